The monoisotopic (exact) mass is 445 g/mol. The zero-order chi connectivity index (χ0) is 21.1. The first-order chi connectivity index (χ1) is 14.4. The molecule has 0 radical (unpaired) electrons. The lowest BCUT2D eigenvalue weighted by Crippen LogP contribution is -2.19. The first kappa shape index (κ1) is 20.2. The Labute approximate surface area is 177 Å². The fourth-order valence-corrected chi connectivity index (χ4v) is 4.82. The fourth-order valence-electron chi connectivity index (χ4n) is 2.84. The molecule has 0 spiro atoms. The van der Waals surface area contributed by atoms with Gasteiger partial charge in [0.15, 0.2) is 16.6 Å². The number of thiazole rings is 1. The zero-order valence-electron chi connectivity index (χ0n) is 16.0. The minimum Gasteiger partial charge on any atom is -0.486 e. The fraction of sp³-hybridized carbons (Fsp3) is 0.200. The third-order valence-corrected chi connectivity index (χ3v) is 6.58. The Morgan fingerprint density at radius 3 is 2.57 bits per heavy atom. The van der Waals surface area contributed by atoms with Gasteiger partial charge in [-0.2, -0.15) is 0 Å². The standard InChI is InChI=1S/C20H19N3O5S2/c1-13(24)21-11-14-2-5-16(6-3-14)30(25,26)23-20-22-17(12-29-20)15-4-7-18-19(10-15)28-9-8-27-18/h2-7,10,12H,8-9,11H2,1H3,(H,21,24)(H,22,23). The van der Waals surface area contributed by atoms with Gasteiger partial charge in [0.2, 0.25) is 5.91 Å². The van der Waals surface area contributed by atoms with E-state index in [0.29, 0.717) is 37.0 Å². The number of ether oxygens (including phenoxy) is 2. The molecule has 1 amide bonds. The lowest BCUT2D eigenvalue weighted by molar-refractivity contribution is -0.119. The van der Waals surface area contributed by atoms with Crippen molar-refractivity contribution in [1.29, 1.82) is 0 Å². The van der Waals surface area contributed by atoms with Crippen molar-refractivity contribution in [1.82, 2.24) is 10.3 Å². The summed E-state index contributed by atoms with van der Waals surface area (Å²) in [6.07, 6.45) is 0. The Kier molecular flexibility index (Phi) is 5.60. The maximum absolute atomic E-state index is 12.7. The maximum Gasteiger partial charge on any atom is 0.263 e. The summed E-state index contributed by atoms with van der Waals surface area (Å²) >= 11 is 1.20. The number of hydrogen-bond donors (Lipinski definition) is 2. The molecule has 30 heavy (non-hydrogen) atoms. The molecule has 2 N–H and O–H groups in total. The van der Waals surface area contributed by atoms with Crippen molar-refractivity contribution in [3.8, 4) is 22.8 Å². The first-order valence-electron chi connectivity index (χ1n) is 9.12. The minimum absolute atomic E-state index is 0.116. The number of nitrogens with one attached hydrogen (secondary N) is 2. The quantitative estimate of drug-likeness (QED) is 0.604. The predicted molar refractivity (Wildman–Crippen MR) is 113 cm³/mol. The largest absolute Gasteiger partial charge is 0.486 e. The molecule has 0 bridgehead atoms. The number of aromatic nitrogens is 1. The molecule has 4 rings (SSSR count). The first-order valence-corrected chi connectivity index (χ1v) is 11.5. The van der Waals surface area contributed by atoms with E-state index in [2.05, 4.69) is 15.0 Å². The van der Waals surface area contributed by atoms with Crippen LogP contribution in [0.15, 0.2) is 52.7 Å². The molecule has 0 aliphatic carbocycles. The molecular formula is C20H19N3O5S2. The second-order valence-electron chi connectivity index (χ2n) is 6.56. The molecule has 2 aromatic carbocycles. The van der Waals surface area contributed by atoms with Crippen LogP contribution in [0.2, 0.25) is 0 Å². The lowest BCUT2D eigenvalue weighted by Gasteiger charge is -2.18. The van der Waals surface area contributed by atoms with E-state index in [-0.39, 0.29) is 15.9 Å². The summed E-state index contributed by atoms with van der Waals surface area (Å²) in [4.78, 5) is 15.5. The number of anilines is 1. The van der Waals surface area contributed by atoms with Gasteiger partial charge in [0, 0.05) is 24.4 Å². The molecular weight excluding hydrogens is 426 g/mol. The highest BCUT2D eigenvalue weighted by atomic mass is 32.2. The molecule has 8 nitrogen and oxygen atoms in total. The molecule has 2 heterocycles. The summed E-state index contributed by atoms with van der Waals surface area (Å²) in [7, 11) is -3.78. The van der Waals surface area contributed by atoms with Crippen LogP contribution in [0.1, 0.15) is 12.5 Å². The lowest BCUT2D eigenvalue weighted by atomic mass is 10.1. The number of hydrogen-bond acceptors (Lipinski definition) is 7. The molecule has 156 valence electrons. The molecule has 0 unspecified atom stereocenters. The topological polar surface area (TPSA) is 107 Å². The van der Waals surface area contributed by atoms with Gasteiger partial charge in [-0.15, -0.1) is 11.3 Å². The van der Waals surface area contributed by atoms with Crippen LogP contribution in [0, 0.1) is 0 Å². The number of sulfonamides is 1. The van der Waals surface area contributed by atoms with Gasteiger partial charge < -0.3 is 14.8 Å². The molecule has 10 heteroatoms. The average molecular weight is 446 g/mol. The Bertz CT molecular complexity index is 1170. The predicted octanol–water partition coefficient (Wildman–Crippen LogP) is 3.02. The van der Waals surface area contributed by atoms with Gasteiger partial charge in [0.1, 0.15) is 13.2 Å². The van der Waals surface area contributed by atoms with Gasteiger partial charge in [0.05, 0.1) is 10.6 Å². The van der Waals surface area contributed by atoms with Crippen molar-refractivity contribution in [2.45, 2.75) is 18.4 Å². The van der Waals surface area contributed by atoms with Crippen LogP contribution < -0.4 is 19.5 Å². The average Bonchev–Trinajstić information content (AvgIpc) is 3.20. The number of carbonyl (C=O) groups is 1. The van der Waals surface area contributed by atoms with Crippen molar-refractivity contribution in [2.75, 3.05) is 17.9 Å². The normalized spacial score (nSPS) is 13.0. The van der Waals surface area contributed by atoms with Crippen molar-refractivity contribution >= 4 is 32.4 Å². The number of fused-ring (bicyclic) bond motifs is 1. The van der Waals surface area contributed by atoms with Crippen LogP contribution in [0.5, 0.6) is 11.5 Å². The summed E-state index contributed by atoms with van der Waals surface area (Å²) in [6.45, 7) is 2.77. The third-order valence-electron chi connectivity index (χ3n) is 4.34. The van der Waals surface area contributed by atoms with E-state index >= 15 is 0 Å². The van der Waals surface area contributed by atoms with Gasteiger partial charge in [-0.05, 0) is 35.9 Å². The number of carbonyl (C=O) groups excluding carboxylic acids is 1. The van der Waals surface area contributed by atoms with E-state index in [9.17, 15) is 13.2 Å². The van der Waals surface area contributed by atoms with Crippen LogP contribution in [0.3, 0.4) is 0 Å². The highest BCUT2D eigenvalue weighted by Gasteiger charge is 2.18. The second kappa shape index (κ2) is 8.33. The Hall–Kier alpha value is -3.11. The Morgan fingerprint density at radius 1 is 1.10 bits per heavy atom. The molecule has 0 saturated heterocycles. The van der Waals surface area contributed by atoms with Crippen LogP contribution >= 0.6 is 11.3 Å². The molecule has 0 atom stereocenters. The van der Waals surface area contributed by atoms with Crippen LogP contribution in [-0.2, 0) is 21.4 Å². The van der Waals surface area contributed by atoms with Crippen LogP contribution in [0.25, 0.3) is 11.3 Å². The van der Waals surface area contributed by atoms with Crippen molar-refractivity contribution < 1.29 is 22.7 Å². The van der Waals surface area contributed by atoms with Crippen LogP contribution in [-0.4, -0.2) is 32.5 Å². The second-order valence-corrected chi connectivity index (χ2v) is 9.10. The van der Waals surface area contributed by atoms with E-state index in [1.807, 2.05) is 18.2 Å². The van der Waals surface area contributed by atoms with E-state index in [1.165, 1.54) is 30.4 Å². The molecule has 1 aliphatic heterocycles. The smallest absolute Gasteiger partial charge is 0.263 e. The molecule has 3 aromatic rings. The molecule has 0 saturated carbocycles. The minimum atomic E-state index is -3.78. The summed E-state index contributed by atoms with van der Waals surface area (Å²) in [5.74, 6) is 1.18. The number of nitrogens with zero attached hydrogens (tertiary/aromatic N) is 1. The molecule has 0 fully saturated rings. The number of amides is 1. The van der Waals surface area contributed by atoms with Gasteiger partial charge in [-0.1, -0.05) is 12.1 Å². The summed E-state index contributed by atoms with van der Waals surface area (Å²) < 4.78 is 38.9. The van der Waals surface area contributed by atoms with E-state index < -0.39 is 10.0 Å². The van der Waals surface area contributed by atoms with E-state index in [4.69, 9.17) is 9.47 Å². The van der Waals surface area contributed by atoms with Crippen molar-refractivity contribution in [3.05, 3.63) is 53.4 Å². The number of rotatable bonds is 6. The van der Waals surface area contributed by atoms with Crippen LogP contribution in [0.4, 0.5) is 5.13 Å². The third kappa shape index (κ3) is 4.55. The highest BCUT2D eigenvalue weighted by Crippen LogP contribution is 2.35. The summed E-state index contributed by atoms with van der Waals surface area (Å²) in [5.41, 5.74) is 2.25. The van der Waals surface area contributed by atoms with E-state index in [1.54, 1.807) is 17.5 Å². The van der Waals surface area contributed by atoms with Gasteiger partial charge in [0.25, 0.3) is 10.0 Å². The SMILES string of the molecule is CC(=O)NCc1ccc(S(=O)(=O)Nc2nc(-c3ccc4c(c3)OCCO4)cs2)cc1. The van der Waals surface area contributed by atoms with Crippen molar-refractivity contribution in [3.63, 3.8) is 0 Å². The van der Waals surface area contributed by atoms with Gasteiger partial charge in [-0.3, -0.25) is 9.52 Å². The zero-order valence-corrected chi connectivity index (χ0v) is 17.7. The summed E-state index contributed by atoms with van der Waals surface area (Å²) in [5, 5.41) is 4.71. The summed E-state index contributed by atoms with van der Waals surface area (Å²) in [6, 6.07) is 11.8. The van der Waals surface area contributed by atoms with Gasteiger partial charge >= 0.3 is 0 Å². The van der Waals surface area contributed by atoms with Crippen molar-refractivity contribution in [2.24, 2.45) is 0 Å². The number of benzene rings is 2. The highest BCUT2D eigenvalue weighted by molar-refractivity contribution is 7.93. The molecule has 1 aliphatic rings. The maximum atomic E-state index is 12.7. The molecule has 1 aromatic heterocycles. The van der Waals surface area contributed by atoms with Gasteiger partial charge in [-0.25, -0.2) is 13.4 Å². The Balaban J connectivity index is 1.48. The van der Waals surface area contributed by atoms with E-state index in [0.717, 1.165) is 11.1 Å². The Morgan fingerprint density at radius 2 is 1.83 bits per heavy atom.